The Morgan fingerprint density at radius 3 is 3.04 bits per heavy atom. The average Bonchev–Trinajstić information content (AvgIpc) is 3.06. The van der Waals surface area contributed by atoms with E-state index >= 15 is 0 Å². The summed E-state index contributed by atoms with van der Waals surface area (Å²) in [5, 5.41) is 0.233. The lowest BCUT2D eigenvalue weighted by Crippen LogP contribution is -2.39. The number of carbonyl (C=O) groups excluding carboxylic acids is 1. The van der Waals surface area contributed by atoms with Gasteiger partial charge in [0.2, 0.25) is 0 Å². The van der Waals surface area contributed by atoms with E-state index in [1.54, 1.807) is 17.9 Å². The Balaban J connectivity index is 1.71. The highest BCUT2D eigenvalue weighted by Crippen LogP contribution is 2.32. The number of fused-ring (bicyclic) bond motifs is 1. The number of benzene rings is 1. The van der Waals surface area contributed by atoms with Crippen LogP contribution in [-0.2, 0) is 0 Å². The standard InChI is InChI=1S/C18H17ClFN5O/c1-10-21-9-12(19)16(22-10)18(26)25-7-3-2-4-15(25)17-23-13-6-5-11(20)8-14(13)24-17/h5-6,8-9,15H,2-4,7H2,1H3,(H,23,24)/t15-/m1/s1. The Morgan fingerprint density at radius 1 is 1.35 bits per heavy atom. The summed E-state index contributed by atoms with van der Waals surface area (Å²) < 4.78 is 13.5. The van der Waals surface area contributed by atoms with Crippen LogP contribution in [0.4, 0.5) is 4.39 Å². The van der Waals surface area contributed by atoms with Crippen LogP contribution in [0.5, 0.6) is 0 Å². The van der Waals surface area contributed by atoms with E-state index in [2.05, 4.69) is 19.9 Å². The SMILES string of the molecule is Cc1ncc(Cl)c(C(=O)N2CCCC[C@@H]2c2nc3ccc(F)cc3[nH]2)n1. The number of nitrogens with one attached hydrogen (secondary N) is 1. The first-order valence-corrected chi connectivity index (χ1v) is 8.86. The van der Waals surface area contributed by atoms with Crippen LogP contribution in [0.2, 0.25) is 5.02 Å². The molecule has 3 aromatic rings. The van der Waals surface area contributed by atoms with Crippen molar-refractivity contribution in [3.05, 3.63) is 52.6 Å². The number of aromatic amines is 1. The number of hydrogen-bond acceptors (Lipinski definition) is 4. The summed E-state index contributed by atoms with van der Waals surface area (Å²) in [6.07, 6.45) is 4.10. The smallest absolute Gasteiger partial charge is 0.274 e. The van der Waals surface area contributed by atoms with Crippen molar-refractivity contribution in [1.29, 1.82) is 0 Å². The molecule has 0 radical (unpaired) electrons. The highest BCUT2D eigenvalue weighted by Gasteiger charge is 2.32. The van der Waals surface area contributed by atoms with Gasteiger partial charge in [0.25, 0.3) is 5.91 Å². The quantitative estimate of drug-likeness (QED) is 0.741. The van der Waals surface area contributed by atoms with Gasteiger partial charge in [0.15, 0.2) is 5.69 Å². The lowest BCUT2D eigenvalue weighted by Gasteiger charge is -2.34. The molecule has 1 saturated heterocycles. The molecule has 1 amide bonds. The molecule has 0 saturated carbocycles. The van der Waals surface area contributed by atoms with E-state index in [1.807, 2.05) is 0 Å². The van der Waals surface area contributed by atoms with Crippen LogP contribution in [0.1, 0.15) is 47.4 Å². The fourth-order valence-corrected chi connectivity index (χ4v) is 3.53. The van der Waals surface area contributed by atoms with E-state index in [1.165, 1.54) is 18.3 Å². The number of imidazole rings is 1. The second-order valence-corrected chi connectivity index (χ2v) is 6.81. The van der Waals surface area contributed by atoms with Gasteiger partial charge < -0.3 is 9.88 Å². The van der Waals surface area contributed by atoms with E-state index in [-0.39, 0.29) is 28.5 Å². The van der Waals surface area contributed by atoms with Crippen LogP contribution in [0.15, 0.2) is 24.4 Å². The van der Waals surface area contributed by atoms with Crippen molar-refractivity contribution in [3.8, 4) is 0 Å². The molecule has 1 fully saturated rings. The van der Waals surface area contributed by atoms with Crippen molar-refractivity contribution < 1.29 is 9.18 Å². The summed E-state index contributed by atoms with van der Waals surface area (Å²) in [7, 11) is 0. The summed E-state index contributed by atoms with van der Waals surface area (Å²) in [5.41, 5.74) is 1.50. The van der Waals surface area contributed by atoms with Crippen LogP contribution >= 0.6 is 11.6 Å². The molecule has 1 aliphatic heterocycles. The molecule has 1 aliphatic rings. The Hall–Kier alpha value is -2.54. The molecular weight excluding hydrogens is 357 g/mol. The summed E-state index contributed by atoms with van der Waals surface area (Å²) >= 11 is 6.15. The molecule has 1 atom stereocenters. The molecule has 8 heteroatoms. The number of rotatable bonds is 2. The molecule has 26 heavy (non-hydrogen) atoms. The third-order valence-electron chi connectivity index (χ3n) is 4.61. The zero-order valence-corrected chi connectivity index (χ0v) is 14.9. The molecule has 1 aromatic carbocycles. The van der Waals surface area contributed by atoms with E-state index in [0.29, 0.717) is 29.2 Å². The number of aromatic nitrogens is 4. The first kappa shape index (κ1) is 16.9. The minimum Gasteiger partial charge on any atom is -0.340 e. The van der Waals surface area contributed by atoms with Crippen LogP contribution in [0, 0.1) is 12.7 Å². The Bertz CT molecular complexity index is 989. The van der Waals surface area contributed by atoms with Crippen molar-refractivity contribution in [2.45, 2.75) is 32.2 Å². The van der Waals surface area contributed by atoms with Crippen molar-refractivity contribution in [2.24, 2.45) is 0 Å². The molecule has 2 aromatic heterocycles. The maximum Gasteiger partial charge on any atom is 0.274 e. The van der Waals surface area contributed by atoms with E-state index < -0.39 is 0 Å². The molecule has 0 spiro atoms. The Kier molecular flexibility index (Phi) is 4.32. The zero-order chi connectivity index (χ0) is 18.3. The monoisotopic (exact) mass is 373 g/mol. The summed E-state index contributed by atoms with van der Waals surface area (Å²) in [6.45, 7) is 2.31. The summed E-state index contributed by atoms with van der Waals surface area (Å²) in [5.74, 6) is 0.579. The van der Waals surface area contributed by atoms with Gasteiger partial charge in [0.1, 0.15) is 17.5 Å². The van der Waals surface area contributed by atoms with Gasteiger partial charge in [-0.1, -0.05) is 11.6 Å². The van der Waals surface area contributed by atoms with E-state index in [4.69, 9.17) is 11.6 Å². The van der Waals surface area contributed by atoms with Gasteiger partial charge in [-0.15, -0.1) is 0 Å². The lowest BCUT2D eigenvalue weighted by molar-refractivity contribution is 0.0595. The highest BCUT2D eigenvalue weighted by atomic mass is 35.5. The van der Waals surface area contributed by atoms with E-state index in [0.717, 1.165) is 19.3 Å². The van der Waals surface area contributed by atoms with E-state index in [9.17, 15) is 9.18 Å². The molecule has 1 N–H and O–H groups in total. The lowest BCUT2D eigenvalue weighted by atomic mass is 10.0. The number of halogens is 2. The number of H-pyrrole nitrogens is 1. The molecular formula is C18H17ClFN5O. The first-order valence-electron chi connectivity index (χ1n) is 8.48. The van der Waals surface area contributed by atoms with Gasteiger partial charge >= 0.3 is 0 Å². The number of amides is 1. The molecule has 134 valence electrons. The molecule has 4 rings (SSSR count). The van der Waals surface area contributed by atoms with Crippen molar-refractivity contribution in [1.82, 2.24) is 24.8 Å². The predicted molar refractivity (Wildman–Crippen MR) is 95.5 cm³/mol. The fourth-order valence-electron chi connectivity index (χ4n) is 3.36. The number of carbonyl (C=O) groups is 1. The molecule has 3 heterocycles. The van der Waals surface area contributed by atoms with Crippen LogP contribution < -0.4 is 0 Å². The normalized spacial score (nSPS) is 17.7. The van der Waals surface area contributed by atoms with Crippen LogP contribution in [0.3, 0.4) is 0 Å². The van der Waals surface area contributed by atoms with Gasteiger partial charge in [-0.25, -0.2) is 19.3 Å². The minimum atomic E-state index is -0.326. The Labute approximate surface area is 154 Å². The first-order chi connectivity index (χ1) is 12.5. The van der Waals surface area contributed by atoms with Crippen molar-refractivity contribution in [2.75, 3.05) is 6.54 Å². The molecule has 0 aliphatic carbocycles. The molecule has 0 bridgehead atoms. The number of piperidine rings is 1. The number of likely N-dealkylation sites (tertiary alicyclic amines) is 1. The predicted octanol–water partition coefficient (Wildman–Crippen LogP) is 3.82. The van der Waals surface area contributed by atoms with Gasteiger partial charge in [-0.2, -0.15) is 0 Å². The fraction of sp³-hybridized carbons (Fsp3) is 0.333. The van der Waals surface area contributed by atoms with Crippen LogP contribution in [0.25, 0.3) is 11.0 Å². The number of aryl methyl sites for hydroxylation is 1. The van der Waals surface area contributed by atoms with Gasteiger partial charge in [0.05, 0.1) is 28.3 Å². The highest BCUT2D eigenvalue weighted by molar-refractivity contribution is 6.33. The van der Waals surface area contributed by atoms with Gasteiger partial charge in [-0.3, -0.25) is 4.79 Å². The molecule has 6 nitrogen and oxygen atoms in total. The number of hydrogen-bond donors (Lipinski definition) is 1. The third-order valence-corrected chi connectivity index (χ3v) is 4.89. The van der Waals surface area contributed by atoms with Gasteiger partial charge in [0, 0.05) is 6.54 Å². The maximum atomic E-state index is 13.5. The van der Waals surface area contributed by atoms with Crippen molar-refractivity contribution in [3.63, 3.8) is 0 Å². The van der Waals surface area contributed by atoms with Crippen LogP contribution in [-0.4, -0.2) is 37.3 Å². The largest absolute Gasteiger partial charge is 0.340 e. The third kappa shape index (κ3) is 3.03. The summed E-state index contributed by atoms with van der Waals surface area (Å²) in [6, 6.07) is 4.19. The average molecular weight is 374 g/mol. The van der Waals surface area contributed by atoms with Crippen molar-refractivity contribution >= 4 is 28.5 Å². The summed E-state index contributed by atoms with van der Waals surface area (Å²) in [4.78, 5) is 30.8. The zero-order valence-electron chi connectivity index (χ0n) is 14.2. The molecule has 0 unspecified atom stereocenters. The maximum absolute atomic E-state index is 13.5. The second kappa shape index (κ2) is 6.64. The Morgan fingerprint density at radius 2 is 2.19 bits per heavy atom. The minimum absolute atomic E-state index is 0.202. The topological polar surface area (TPSA) is 74.8 Å². The number of nitrogens with zero attached hydrogens (tertiary/aromatic N) is 4. The second-order valence-electron chi connectivity index (χ2n) is 6.41. The van der Waals surface area contributed by atoms with Gasteiger partial charge in [-0.05, 0) is 44.4 Å².